The van der Waals surface area contributed by atoms with Gasteiger partial charge in [0.25, 0.3) is 0 Å². The fourth-order valence-electron chi connectivity index (χ4n) is 2.16. The van der Waals surface area contributed by atoms with Crippen LogP contribution in [0.5, 0.6) is 17.2 Å². The largest absolute Gasteiger partial charge is 0.673 e. The average Bonchev–Trinajstić information content (AvgIpc) is 2.73. The van der Waals surface area contributed by atoms with Crippen molar-refractivity contribution in [1.82, 2.24) is 0 Å². The summed E-state index contributed by atoms with van der Waals surface area (Å²) >= 11 is 0. The summed E-state index contributed by atoms with van der Waals surface area (Å²) < 4.78 is 133. The number of rotatable bonds is 6. The maximum absolute atomic E-state index is 9.75. The molecule has 0 aliphatic carbocycles. The molecule has 37 heavy (non-hydrogen) atoms. The Bertz CT molecular complexity index is 883. The first-order valence-electron chi connectivity index (χ1n) is 9.36. The number of hydrogen-bond donors (Lipinski definition) is 1. The number of anilines is 1. The smallest absolute Gasteiger partial charge is 0.493 e. The van der Waals surface area contributed by atoms with Crippen molar-refractivity contribution in [2.75, 3.05) is 26.6 Å². The van der Waals surface area contributed by atoms with Crippen LogP contribution in [0.3, 0.4) is 0 Å². The van der Waals surface area contributed by atoms with E-state index in [-0.39, 0.29) is 0 Å². The zero-order valence-electron chi connectivity index (χ0n) is 19.1. The minimum Gasteiger partial charge on any atom is -0.493 e. The van der Waals surface area contributed by atoms with Gasteiger partial charge in [0.05, 0.1) is 27.4 Å². The maximum atomic E-state index is 9.75. The highest BCUT2D eigenvalue weighted by Gasteiger charge is 2.22. The van der Waals surface area contributed by atoms with E-state index in [4.69, 9.17) is 14.2 Å². The molecule has 0 heterocycles. The summed E-state index contributed by atoms with van der Waals surface area (Å²) in [6, 6.07) is 14.8. The molecule has 0 radical (unpaired) electrons. The molecule has 0 aliphatic heterocycles. The zero-order valence-corrected chi connectivity index (χ0v) is 19.1. The van der Waals surface area contributed by atoms with E-state index in [1.54, 1.807) is 33.5 Å². The van der Waals surface area contributed by atoms with Crippen LogP contribution in [-0.4, -0.2) is 43.1 Å². The van der Waals surface area contributed by atoms with Crippen LogP contribution in [0.2, 0.25) is 0 Å². The molecule has 0 spiro atoms. The normalized spacial score (nSPS) is 11.5. The first-order valence-corrected chi connectivity index (χ1v) is 9.36. The monoisotopic (exact) mass is 559 g/mol. The van der Waals surface area contributed by atoms with Gasteiger partial charge >= 0.3 is 21.8 Å². The van der Waals surface area contributed by atoms with Gasteiger partial charge in [-0.2, -0.15) is 5.26 Å². The third kappa shape index (κ3) is 22.7. The summed E-state index contributed by atoms with van der Waals surface area (Å²) in [6.45, 7) is 0. The first kappa shape index (κ1) is 35.6. The van der Waals surface area contributed by atoms with Gasteiger partial charge in [0.1, 0.15) is 6.04 Å². The lowest BCUT2D eigenvalue weighted by atomic mass is 10.1. The molecule has 210 valence electrons. The fraction of sp³-hybridized carbons (Fsp3) is 0.235. The van der Waals surface area contributed by atoms with Crippen molar-refractivity contribution in [3.05, 3.63) is 48.0 Å². The van der Waals surface area contributed by atoms with E-state index in [0.29, 0.717) is 17.2 Å². The van der Waals surface area contributed by atoms with Crippen LogP contribution < -0.4 is 19.5 Å². The van der Waals surface area contributed by atoms with Crippen molar-refractivity contribution in [3.63, 3.8) is 0 Å². The molecule has 0 saturated carbocycles. The number of hydrogen-bond acceptors (Lipinski definition) is 5. The lowest BCUT2D eigenvalue weighted by Crippen LogP contribution is -2.09. The fourth-order valence-corrected chi connectivity index (χ4v) is 2.16. The van der Waals surface area contributed by atoms with E-state index in [1.807, 2.05) is 30.3 Å². The molecule has 0 saturated heterocycles. The second-order valence-corrected chi connectivity index (χ2v) is 6.02. The summed E-state index contributed by atoms with van der Waals surface area (Å²) in [5.74, 6) is 1.55. The molecule has 5 nitrogen and oxygen atoms in total. The van der Waals surface area contributed by atoms with Gasteiger partial charge in [-0.1, -0.05) is 18.2 Å². The van der Waals surface area contributed by atoms with E-state index in [9.17, 15) is 57.0 Å². The molecule has 1 N–H and O–H groups in total. The minimum atomic E-state index is -6.00. The van der Waals surface area contributed by atoms with Crippen molar-refractivity contribution in [2.45, 2.75) is 6.04 Å². The topological polar surface area (TPSA) is 63.5 Å². The summed E-state index contributed by atoms with van der Waals surface area (Å²) in [4.78, 5) is 0. The van der Waals surface area contributed by atoms with Crippen LogP contribution in [0.25, 0.3) is 0 Å². The molecule has 20 heteroatoms. The van der Waals surface area contributed by atoms with Gasteiger partial charge in [-0.25, -0.2) is 0 Å². The Kier molecular flexibility index (Phi) is 15.7. The van der Waals surface area contributed by atoms with E-state index in [2.05, 4.69) is 11.4 Å². The molecule has 0 bridgehead atoms. The number of nitrogens with zero attached hydrogens (tertiary/aromatic N) is 1. The number of methoxy groups -OCH3 is 3. The Hall–Kier alpha value is -3.52. The van der Waals surface area contributed by atoms with E-state index in [0.717, 1.165) is 11.3 Å². The molecular weight excluding hydrogens is 541 g/mol. The van der Waals surface area contributed by atoms with Crippen molar-refractivity contribution in [2.24, 2.45) is 0 Å². The highest BCUT2D eigenvalue weighted by molar-refractivity contribution is 6.50. The number of para-hydroxylation sites is 1. The molecule has 1 unspecified atom stereocenters. The summed E-state index contributed by atoms with van der Waals surface area (Å²) in [5.41, 5.74) is 1.60. The van der Waals surface area contributed by atoms with Gasteiger partial charge in [0.15, 0.2) is 11.5 Å². The SMILES string of the molecule is COc1cc(C(C#N)Nc2ccccc2)cc(OC)c1OC.F[B-](F)(F)F.F[B-](F)(F)F.F[B-](F)(F)F. The Morgan fingerprint density at radius 2 is 1.03 bits per heavy atom. The predicted molar refractivity (Wildman–Crippen MR) is 115 cm³/mol. The first-order chi connectivity index (χ1) is 16.7. The number of nitriles is 1. The van der Waals surface area contributed by atoms with Gasteiger partial charge in [-0.15, -0.1) is 0 Å². The molecule has 2 aromatic carbocycles. The Morgan fingerprint density at radius 3 is 1.30 bits per heavy atom. The van der Waals surface area contributed by atoms with Gasteiger partial charge in [-0.05, 0) is 29.8 Å². The summed E-state index contributed by atoms with van der Waals surface area (Å²) in [5, 5.41) is 12.6. The Balaban J connectivity index is 0. The molecule has 0 aromatic heterocycles. The highest BCUT2D eigenvalue weighted by Crippen LogP contribution is 2.40. The number of benzene rings is 2. The summed E-state index contributed by atoms with van der Waals surface area (Å²) in [7, 11) is -13.4. The number of ether oxygens (including phenoxy) is 3. The van der Waals surface area contributed by atoms with Gasteiger partial charge in [0.2, 0.25) is 5.75 Å². The Labute approximate surface area is 203 Å². The van der Waals surface area contributed by atoms with Crippen LogP contribution in [-0.2, 0) is 0 Å². The van der Waals surface area contributed by atoms with Crippen LogP contribution in [0, 0.1) is 11.3 Å². The van der Waals surface area contributed by atoms with Crippen molar-refractivity contribution in [1.29, 1.82) is 5.26 Å². The molecule has 0 fully saturated rings. The Morgan fingerprint density at radius 1 is 0.676 bits per heavy atom. The van der Waals surface area contributed by atoms with Crippen LogP contribution >= 0.6 is 0 Å². The van der Waals surface area contributed by atoms with Crippen LogP contribution in [0.1, 0.15) is 11.6 Å². The van der Waals surface area contributed by atoms with Gasteiger partial charge in [-0.3, -0.25) is 0 Å². The third-order valence-electron chi connectivity index (χ3n) is 3.23. The number of halogens is 12. The average molecular weight is 559 g/mol. The molecule has 1 atom stereocenters. The van der Waals surface area contributed by atoms with Crippen molar-refractivity contribution < 1.29 is 66.0 Å². The third-order valence-corrected chi connectivity index (χ3v) is 3.23. The van der Waals surface area contributed by atoms with Crippen LogP contribution in [0.4, 0.5) is 57.5 Å². The molecule has 2 rings (SSSR count). The highest BCUT2D eigenvalue weighted by atomic mass is 19.5. The standard InChI is InChI=1S/C17H18N2O3.3BF4/c1-20-15-9-12(10-16(21-2)17(15)22-3)14(11-18)19-13-7-5-4-6-8-13;3*2-1(3,4)5/h4-10,14,19H,1-3H3;;;/q;3*-1. The maximum Gasteiger partial charge on any atom is 0.673 e. The molecule has 2 aromatic rings. The lowest BCUT2D eigenvalue weighted by molar-refractivity contribution is 0.323. The van der Waals surface area contributed by atoms with E-state index in [1.165, 1.54) is 0 Å². The molecule has 0 amide bonds. The second kappa shape index (κ2) is 16.3. The second-order valence-electron chi connectivity index (χ2n) is 6.02. The molecule has 0 aliphatic rings. The molecular formula is C17H18B3F12N2O3-3. The number of nitrogens with one attached hydrogen (secondary N) is 1. The van der Waals surface area contributed by atoms with Gasteiger partial charge in [0, 0.05) is 5.69 Å². The van der Waals surface area contributed by atoms with Crippen LogP contribution in [0.15, 0.2) is 42.5 Å². The van der Waals surface area contributed by atoms with Gasteiger partial charge < -0.3 is 71.3 Å². The van der Waals surface area contributed by atoms with Crippen molar-refractivity contribution in [3.8, 4) is 23.3 Å². The lowest BCUT2D eigenvalue weighted by Gasteiger charge is -2.18. The quantitative estimate of drug-likeness (QED) is 0.298. The van der Waals surface area contributed by atoms with E-state index >= 15 is 0 Å². The zero-order chi connectivity index (χ0) is 29.4. The predicted octanol–water partition coefficient (Wildman–Crippen LogP) is 7.29. The minimum absolute atomic E-state index is 0.505. The van der Waals surface area contributed by atoms with Crippen molar-refractivity contribution >= 4 is 27.5 Å². The van der Waals surface area contributed by atoms with E-state index < -0.39 is 27.8 Å². The summed E-state index contributed by atoms with van der Waals surface area (Å²) in [6.07, 6.45) is 0.